The van der Waals surface area contributed by atoms with Crippen molar-refractivity contribution in [2.75, 3.05) is 26.7 Å². The predicted octanol–water partition coefficient (Wildman–Crippen LogP) is 1.41. The lowest BCUT2D eigenvalue weighted by atomic mass is 9.84. The van der Waals surface area contributed by atoms with Gasteiger partial charge in [0.1, 0.15) is 0 Å². The van der Waals surface area contributed by atoms with Crippen molar-refractivity contribution in [1.29, 1.82) is 0 Å². The maximum atomic E-state index is 12.0. The minimum Gasteiger partial charge on any atom is -0.481 e. The standard InChI is InChI=1S/C12H20N2O3/c1-4-7-13(3)11(17)14-8-6-12(5-2,9-14)10(15)16/h4H,1,5-9H2,2-3H3,(H,15,16). The highest BCUT2D eigenvalue weighted by Gasteiger charge is 2.45. The summed E-state index contributed by atoms with van der Waals surface area (Å²) in [4.78, 5) is 26.4. The maximum absolute atomic E-state index is 12.0. The lowest BCUT2D eigenvalue weighted by Crippen LogP contribution is -2.42. The molecule has 0 saturated carbocycles. The third-order valence-corrected chi connectivity index (χ3v) is 3.48. The van der Waals surface area contributed by atoms with Crippen LogP contribution in [0, 0.1) is 5.41 Å². The monoisotopic (exact) mass is 240 g/mol. The fourth-order valence-corrected chi connectivity index (χ4v) is 2.16. The van der Waals surface area contributed by atoms with Gasteiger partial charge in [0, 0.05) is 26.7 Å². The first-order valence-corrected chi connectivity index (χ1v) is 5.81. The Hall–Kier alpha value is -1.52. The summed E-state index contributed by atoms with van der Waals surface area (Å²) in [6.07, 6.45) is 2.74. The van der Waals surface area contributed by atoms with Crippen molar-refractivity contribution in [1.82, 2.24) is 9.80 Å². The normalized spacial score (nSPS) is 23.5. The van der Waals surface area contributed by atoms with Crippen LogP contribution in [-0.4, -0.2) is 53.6 Å². The van der Waals surface area contributed by atoms with Crippen LogP contribution >= 0.6 is 0 Å². The third-order valence-electron chi connectivity index (χ3n) is 3.48. The number of hydrogen-bond donors (Lipinski definition) is 1. The SMILES string of the molecule is C=CCN(C)C(=O)N1CCC(CC)(C(=O)O)C1. The molecule has 5 nitrogen and oxygen atoms in total. The predicted molar refractivity (Wildman–Crippen MR) is 64.8 cm³/mol. The Bertz CT molecular complexity index is 330. The van der Waals surface area contributed by atoms with Crippen LogP contribution in [0.15, 0.2) is 12.7 Å². The Balaban J connectivity index is 2.69. The number of likely N-dealkylation sites (N-methyl/N-ethyl adjacent to an activating group) is 1. The van der Waals surface area contributed by atoms with Crippen LogP contribution < -0.4 is 0 Å². The first kappa shape index (κ1) is 13.5. The summed E-state index contributed by atoms with van der Waals surface area (Å²) in [5, 5.41) is 9.24. The van der Waals surface area contributed by atoms with E-state index in [0.29, 0.717) is 32.5 Å². The highest BCUT2D eigenvalue weighted by Crippen LogP contribution is 2.34. The van der Waals surface area contributed by atoms with Gasteiger partial charge in [-0.1, -0.05) is 13.0 Å². The summed E-state index contributed by atoms with van der Waals surface area (Å²) in [6.45, 7) is 6.73. The van der Waals surface area contributed by atoms with E-state index in [4.69, 9.17) is 0 Å². The van der Waals surface area contributed by atoms with Crippen LogP contribution in [0.1, 0.15) is 19.8 Å². The molecule has 0 bridgehead atoms. The molecule has 1 unspecified atom stereocenters. The Morgan fingerprint density at radius 2 is 2.24 bits per heavy atom. The number of aliphatic carboxylic acids is 1. The van der Waals surface area contributed by atoms with Gasteiger partial charge in [-0.15, -0.1) is 6.58 Å². The minimum atomic E-state index is -0.804. The molecule has 0 radical (unpaired) electrons. The van der Waals surface area contributed by atoms with Crippen molar-refractivity contribution >= 4 is 12.0 Å². The minimum absolute atomic E-state index is 0.124. The Kier molecular flexibility index (Phi) is 4.15. The maximum Gasteiger partial charge on any atom is 0.320 e. The number of hydrogen-bond acceptors (Lipinski definition) is 2. The zero-order valence-corrected chi connectivity index (χ0v) is 10.5. The molecule has 1 N–H and O–H groups in total. The van der Waals surface area contributed by atoms with E-state index >= 15 is 0 Å². The average molecular weight is 240 g/mol. The van der Waals surface area contributed by atoms with Gasteiger partial charge >= 0.3 is 12.0 Å². The molecular weight excluding hydrogens is 220 g/mol. The van der Waals surface area contributed by atoms with Gasteiger partial charge in [-0.25, -0.2) is 4.79 Å². The Morgan fingerprint density at radius 3 is 2.65 bits per heavy atom. The van der Waals surface area contributed by atoms with E-state index < -0.39 is 11.4 Å². The fraction of sp³-hybridized carbons (Fsp3) is 0.667. The molecule has 1 atom stereocenters. The van der Waals surface area contributed by atoms with Crippen molar-refractivity contribution < 1.29 is 14.7 Å². The van der Waals surface area contributed by atoms with Crippen LogP contribution in [0.5, 0.6) is 0 Å². The summed E-state index contributed by atoms with van der Waals surface area (Å²) in [7, 11) is 1.69. The molecule has 1 fully saturated rings. The molecule has 1 aliphatic heterocycles. The number of amides is 2. The molecule has 0 aromatic heterocycles. The second kappa shape index (κ2) is 5.21. The molecule has 5 heteroatoms. The van der Waals surface area contributed by atoms with Crippen LogP contribution in [-0.2, 0) is 4.79 Å². The van der Waals surface area contributed by atoms with E-state index in [1.54, 1.807) is 22.9 Å². The van der Waals surface area contributed by atoms with Gasteiger partial charge in [0.2, 0.25) is 0 Å². The molecule has 0 spiro atoms. The summed E-state index contributed by atoms with van der Waals surface area (Å²) in [5.74, 6) is -0.804. The number of carboxylic acids is 1. The van der Waals surface area contributed by atoms with E-state index in [-0.39, 0.29) is 6.03 Å². The zero-order valence-electron chi connectivity index (χ0n) is 10.5. The van der Waals surface area contributed by atoms with Crippen LogP contribution in [0.2, 0.25) is 0 Å². The third kappa shape index (κ3) is 2.60. The number of carbonyl (C=O) groups is 2. The molecule has 96 valence electrons. The number of carboxylic acid groups (broad SMARTS) is 1. The lowest BCUT2D eigenvalue weighted by molar-refractivity contribution is -0.148. The first-order chi connectivity index (χ1) is 7.96. The topological polar surface area (TPSA) is 60.9 Å². The van der Waals surface area contributed by atoms with E-state index in [2.05, 4.69) is 6.58 Å². The van der Waals surface area contributed by atoms with Gasteiger partial charge in [0.25, 0.3) is 0 Å². The van der Waals surface area contributed by atoms with E-state index in [9.17, 15) is 14.7 Å². The van der Waals surface area contributed by atoms with Gasteiger partial charge < -0.3 is 14.9 Å². The number of urea groups is 1. The second-order valence-corrected chi connectivity index (χ2v) is 4.56. The molecule has 0 aliphatic carbocycles. The number of likely N-dealkylation sites (tertiary alicyclic amines) is 1. The quantitative estimate of drug-likeness (QED) is 0.756. The second-order valence-electron chi connectivity index (χ2n) is 4.56. The lowest BCUT2D eigenvalue weighted by Gasteiger charge is -2.26. The highest BCUT2D eigenvalue weighted by molar-refractivity contribution is 5.79. The summed E-state index contributed by atoms with van der Waals surface area (Å²) in [6, 6.07) is -0.124. The molecule has 0 aromatic carbocycles. The van der Waals surface area contributed by atoms with Gasteiger partial charge in [-0.3, -0.25) is 4.79 Å². The summed E-state index contributed by atoms with van der Waals surface area (Å²) >= 11 is 0. The summed E-state index contributed by atoms with van der Waals surface area (Å²) in [5.41, 5.74) is -0.759. The average Bonchev–Trinajstić information content (AvgIpc) is 2.74. The number of rotatable bonds is 4. The van der Waals surface area contributed by atoms with Gasteiger partial charge in [0.15, 0.2) is 0 Å². The highest BCUT2D eigenvalue weighted by atomic mass is 16.4. The zero-order chi connectivity index (χ0) is 13.1. The Labute approximate surface area is 102 Å². The van der Waals surface area contributed by atoms with E-state index in [1.165, 1.54) is 0 Å². The molecule has 1 heterocycles. The molecule has 1 aliphatic rings. The Morgan fingerprint density at radius 1 is 1.59 bits per heavy atom. The molecular formula is C12H20N2O3. The molecule has 2 amide bonds. The molecule has 17 heavy (non-hydrogen) atoms. The van der Waals surface area contributed by atoms with Crippen LogP contribution in [0.25, 0.3) is 0 Å². The first-order valence-electron chi connectivity index (χ1n) is 5.81. The van der Waals surface area contributed by atoms with Crippen molar-refractivity contribution in [3.05, 3.63) is 12.7 Å². The number of nitrogens with zero attached hydrogens (tertiary/aromatic N) is 2. The smallest absolute Gasteiger partial charge is 0.320 e. The van der Waals surface area contributed by atoms with Crippen molar-refractivity contribution in [3.63, 3.8) is 0 Å². The molecule has 0 aromatic rings. The number of carbonyl (C=O) groups excluding carboxylic acids is 1. The van der Waals surface area contributed by atoms with Gasteiger partial charge in [-0.2, -0.15) is 0 Å². The van der Waals surface area contributed by atoms with Crippen molar-refractivity contribution in [2.45, 2.75) is 19.8 Å². The van der Waals surface area contributed by atoms with E-state index in [0.717, 1.165) is 0 Å². The van der Waals surface area contributed by atoms with Crippen LogP contribution in [0.3, 0.4) is 0 Å². The van der Waals surface area contributed by atoms with Gasteiger partial charge in [0.05, 0.1) is 5.41 Å². The molecule has 1 saturated heterocycles. The van der Waals surface area contributed by atoms with Gasteiger partial charge in [-0.05, 0) is 12.8 Å². The van der Waals surface area contributed by atoms with Crippen molar-refractivity contribution in [2.24, 2.45) is 5.41 Å². The fourth-order valence-electron chi connectivity index (χ4n) is 2.16. The summed E-state index contributed by atoms with van der Waals surface area (Å²) < 4.78 is 0. The largest absolute Gasteiger partial charge is 0.481 e. The van der Waals surface area contributed by atoms with Crippen molar-refractivity contribution in [3.8, 4) is 0 Å². The van der Waals surface area contributed by atoms with Crippen LogP contribution in [0.4, 0.5) is 4.79 Å². The molecule has 1 rings (SSSR count). The van der Waals surface area contributed by atoms with E-state index in [1.807, 2.05) is 6.92 Å².